The molecule has 0 atom stereocenters. The summed E-state index contributed by atoms with van der Waals surface area (Å²) in [6.45, 7) is -1.27. The molecule has 0 spiro atoms. The fraction of sp³-hybridized carbons (Fsp3) is 0.903. The average molecular weight is 689 g/mol. The molecule has 0 aliphatic heterocycles. The molecule has 0 aromatic carbocycles. The number of esters is 3. The van der Waals surface area contributed by atoms with Gasteiger partial charge >= 0.3 is 58.6 Å². The van der Waals surface area contributed by atoms with Gasteiger partial charge in [0.25, 0.3) is 0 Å². The van der Waals surface area contributed by atoms with Crippen LogP contribution in [0.5, 0.6) is 0 Å². The zero-order valence-corrected chi connectivity index (χ0v) is 29.2. The van der Waals surface area contributed by atoms with Crippen LogP contribution in [0.3, 0.4) is 0 Å². The first kappa shape index (κ1) is 36.3. The number of carbonyl (C=O) groups excluding carboxylic acids is 3. The fourth-order valence-corrected chi connectivity index (χ4v) is 10.9. The minimum Gasteiger partial charge on any atom is -0.743 e. The summed E-state index contributed by atoms with van der Waals surface area (Å²) in [5, 5.41) is -5.92. The van der Waals surface area contributed by atoms with Gasteiger partial charge in [0.2, 0.25) is 0 Å². The van der Waals surface area contributed by atoms with Gasteiger partial charge in [-0.2, -0.15) is 17.6 Å². The molecule has 8 fully saturated rings. The zero-order chi connectivity index (χ0) is 32.6. The van der Waals surface area contributed by atoms with Crippen molar-refractivity contribution in [1.29, 1.82) is 0 Å². The van der Waals surface area contributed by atoms with Gasteiger partial charge in [0.15, 0.2) is 10.1 Å². The summed E-state index contributed by atoms with van der Waals surface area (Å²) in [5.41, 5.74) is -3.21. The van der Waals surface area contributed by atoms with Gasteiger partial charge in [-0.3, -0.25) is 14.4 Å². The molecule has 254 valence electrons. The van der Waals surface area contributed by atoms with Gasteiger partial charge in [-0.1, -0.05) is 0 Å². The van der Waals surface area contributed by atoms with E-state index in [1.165, 1.54) is 6.92 Å². The third-order valence-electron chi connectivity index (χ3n) is 11.9. The van der Waals surface area contributed by atoms with Crippen LogP contribution < -0.4 is 29.6 Å². The molecule has 0 unspecified atom stereocenters. The minimum absolute atomic E-state index is 0. The van der Waals surface area contributed by atoms with E-state index >= 15 is 0 Å². The topological polar surface area (TPSA) is 136 Å². The standard InChI is InChI=1S/C31H42F4O9S.Na/c1-27(24(36)42-3-2-30(32,33)31(34,35)45(39,40)41,16-43-25(37)28-10-18-4-19(11-28)6-20(5-18)12-28)17-44-26(38)29-13-21-7-22(14-29)9-23(8-21)15-29;/h18-23H,2-17H2,1H3,(H,39,40,41);/q;+1/p-1. The Morgan fingerprint density at radius 1 is 0.696 bits per heavy atom. The van der Waals surface area contributed by atoms with E-state index in [1.54, 1.807) is 0 Å². The van der Waals surface area contributed by atoms with Crippen molar-refractivity contribution in [3.8, 4) is 0 Å². The van der Waals surface area contributed by atoms with Gasteiger partial charge in [-0.15, -0.1) is 0 Å². The third kappa shape index (κ3) is 6.52. The van der Waals surface area contributed by atoms with Crippen LogP contribution in [-0.4, -0.2) is 61.9 Å². The smallest absolute Gasteiger partial charge is 0.743 e. The Morgan fingerprint density at radius 2 is 1.02 bits per heavy atom. The average Bonchev–Trinajstić information content (AvgIpc) is 2.92. The first-order valence-electron chi connectivity index (χ1n) is 16.1. The number of hydrogen-bond donors (Lipinski definition) is 0. The molecule has 0 saturated heterocycles. The maximum absolute atomic E-state index is 14.0. The summed E-state index contributed by atoms with van der Waals surface area (Å²) in [6.07, 6.45) is 8.63. The van der Waals surface area contributed by atoms with Crippen molar-refractivity contribution in [3.05, 3.63) is 0 Å². The van der Waals surface area contributed by atoms with Gasteiger partial charge in [-0.25, -0.2) is 8.42 Å². The van der Waals surface area contributed by atoms with Crippen molar-refractivity contribution >= 4 is 28.0 Å². The molecular weight excluding hydrogens is 647 g/mol. The monoisotopic (exact) mass is 688 g/mol. The molecule has 8 rings (SSSR count). The molecule has 8 aliphatic carbocycles. The quantitative estimate of drug-likeness (QED) is 0.0995. The maximum atomic E-state index is 14.0. The van der Waals surface area contributed by atoms with E-state index in [1.807, 2.05) is 0 Å². The van der Waals surface area contributed by atoms with Crippen molar-refractivity contribution in [2.75, 3.05) is 19.8 Å². The summed E-state index contributed by atoms with van der Waals surface area (Å²) in [7, 11) is -6.70. The second kappa shape index (κ2) is 12.4. The van der Waals surface area contributed by atoms with E-state index in [2.05, 4.69) is 0 Å². The van der Waals surface area contributed by atoms with Crippen molar-refractivity contribution in [2.24, 2.45) is 51.8 Å². The molecule has 46 heavy (non-hydrogen) atoms. The second-order valence-electron chi connectivity index (χ2n) is 15.7. The van der Waals surface area contributed by atoms with E-state index < -0.39 is 81.7 Å². The Labute approximate surface area is 288 Å². The SMILES string of the molecule is CC(COC(=O)C12CC3CC(CC(C3)C1)C2)(COC(=O)C12CC3CC(CC(C3)C1)C2)C(=O)OCCC(F)(F)C(F)(F)S(=O)(=O)[O-].[Na+]. The van der Waals surface area contributed by atoms with Crippen LogP contribution in [-0.2, 0) is 38.7 Å². The van der Waals surface area contributed by atoms with Gasteiger partial charge < -0.3 is 18.8 Å². The first-order chi connectivity index (χ1) is 20.9. The Kier molecular flexibility index (Phi) is 9.81. The third-order valence-corrected chi connectivity index (χ3v) is 12.8. The fourth-order valence-electron chi connectivity index (χ4n) is 10.4. The molecule has 0 aromatic rings. The number of hydrogen-bond acceptors (Lipinski definition) is 9. The van der Waals surface area contributed by atoms with E-state index in [0.29, 0.717) is 74.0 Å². The van der Waals surface area contributed by atoms with Crippen LogP contribution in [0.2, 0.25) is 0 Å². The predicted octanol–water partition coefficient (Wildman–Crippen LogP) is 2.22. The molecule has 0 radical (unpaired) electrons. The van der Waals surface area contributed by atoms with Gasteiger partial charge in [0.05, 0.1) is 23.9 Å². The summed E-state index contributed by atoms with van der Waals surface area (Å²) < 4.78 is 104. The molecule has 15 heteroatoms. The summed E-state index contributed by atoms with van der Waals surface area (Å²) in [6, 6.07) is 0. The van der Waals surface area contributed by atoms with E-state index in [-0.39, 0.29) is 29.6 Å². The predicted molar refractivity (Wildman–Crippen MR) is 146 cm³/mol. The molecule has 0 aromatic heterocycles. The van der Waals surface area contributed by atoms with Crippen LogP contribution in [0.4, 0.5) is 17.6 Å². The largest absolute Gasteiger partial charge is 1.00 e. The first-order valence-corrected chi connectivity index (χ1v) is 17.5. The maximum Gasteiger partial charge on any atom is 1.00 e. The van der Waals surface area contributed by atoms with E-state index in [0.717, 1.165) is 38.5 Å². The summed E-state index contributed by atoms with van der Waals surface area (Å²) in [5.74, 6) is -4.93. The van der Waals surface area contributed by atoms with Gasteiger partial charge in [0.1, 0.15) is 18.6 Å². The molecule has 0 heterocycles. The molecule has 8 aliphatic rings. The van der Waals surface area contributed by atoms with Crippen LogP contribution in [0.25, 0.3) is 0 Å². The van der Waals surface area contributed by atoms with Crippen LogP contribution in [0.1, 0.15) is 90.4 Å². The molecule has 8 bridgehead atoms. The molecule has 0 amide bonds. The normalized spacial score (nSPS) is 37.3. The van der Waals surface area contributed by atoms with Crippen molar-refractivity contribution in [2.45, 2.75) is 102 Å². The van der Waals surface area contributed by atoms with Crippen molar-refractivity contribution < 1.29 is 88.7 Å². The Morgan fingerprint density at radius 3 is 1.33 bits per heavy atom. The molecular formula is C31H41F4NaO9S. The zero-order valence-electron chi connectivity index (χ0n) is 26.4. The number of ether oxygens (including phenoxy) is 3. The molecule has 0 N–H and O–H groups in total. The summed E-state index contributed by atoms with van der Waals surface area (Å²) >= 11 is 0. The Hall–Kier alpha value is -0.960. The van der Waals surface area contributed by atoms with E-state index in [4.69, 9.17) is 14.2 Å². The Bertz CT molecular complexity index is 1210. The minimum atomic E-state index is -6.70. The summed E-state index contributed by atoms with van der Waals surface area (Å²) in [4.78, 5) is 40.4. The van der Waals surface area contributed by atoms with Gasteiger partial charge in [-0.05, 0) is 119 Å². The second-order valence-corrected chi connectivity index (χ2v) is 17.1. The van der Waals surface area contributed by atoms with E-state index in [9.17, 15) is 44.9 Å². The van der Waals surface area contributed by atoms with Crippen LogP contribution in [0, 0.1) is 51.8 Å². The van der Waals surface area contributed by atoms with Crippen molar-refractivity contribution in [3.63, 3.8) is 0 Å². The molecule has 8 saturated carbocycles. The molecule has 9 nitrogen and oxygen atoms in total. The number of rotatable bonds is 12. The van der Waals surface area contributed by atoms with Gasteiger partial charge in [0, 0.05) is 0 Å². The van der Waals surface area contributed by atoms with Crippen molar-refractivity contribution in [1.82, 2.24) is 0 Å². The van der Waals surface area contributed by atoms with Crippen LogP contribution in [0.15, 0.2) is 0 Å². The van der Waals surface area contributed by atoms with Crippen LogP contribution >= 0.6 is 0 Å². The number of alkyl halides is 4. The number of carbonyl (C=O) groups is 3. The Balaban J connectivity index is 0.00000417. The number of halogens is 4.